The Kier molecular flexibility index (Phi) is 5.58. The summed E-state index contributed by atoms with van der Waals surface area (Å²) in [5, 5.41) is 0.0465. The predicted molar refractivity (Wildman–Crippen MR) is 96.0 cm³/mol. The smallest absolute Gasteiger partial charge is 0.352 e. The Labute approximate surface area is 151 Å². The van der Waals surface area contributed by atoms with Gasteiger partial charge in [0, 0.05) is 25.7 Å². The Morgan fingerprint density at radius 1 is 1.28 bits per heavy atom. The fraction of sp³-hybridized carbons (Fsp3) is 0.444. The average Bonchev–Trinajstić information content (AvgIpc) is 3.00. The van der Waals surface area contributed by atoms with Crippen molar-refractivity contribution in [2.75, 3.05) is 18.0 Å². The molecule has 134 valence electrons. The van der Waals surface area contributed by atoms with Crippen molar-refractivity contribution in [3.63, 3.8) is 0 Å². The van der Waals surface area contributed by atoms with Crippen molar-refractivity contribution in [1.82, 2.24) is 9.55 Å². The van der Waals surface area contributed by atoms with Crippen LogP contribution in [-0.2, 0) is 13.2 Å². The first-order chi connectivity index (χ1) is 12.1. The Hall–Kier alpha value is -2.08. The molecule has 1 aromatic heterocycles. The van der Waals surface area contributed by atoms with Crippen molar-refractivity contribution < 1.29 is 9.13 Å². The molecule has 2 heterocycles. The number of rotatable bonds is 7. The summed E-state index contributed by atoms with van der Waals surface area (Å²) in [6.07, 6.45) is 3.42. The van der Waals surface area contributed by atoms with Crippen LogP contribution >= 0.6 is 11.6 Å². The Bertz CT molecular complexity index is 809. The fourth-order valence-corrected chi connectivity index (χ4v) is 3.12. The second kappa shape index (κ2) is 7.87. The van der Waals surface area contributed by atoms with Gasteiger partial charge in [0.1, 0.15) is 18.2 Å². The summed E-state index contributed by atoms with van der Waals surface area (Å²) in [4.78, 5) is 18.4. The molecule has 1 aliphatic heterocycles. The predicted octanol–water partition coefficient (Wildman–Crippen LogP) is 3.63. The third-order valence-electron chi connectivity index (χ3n) is 4.29. The number of unbranched alkanes of at least 4 members (excludes halogenated alkanes) is 2. The second-order valence-corrected chi connectivity index (χ2v) is 6.53. The van der Waals surface area contributed by atoms with Gasteiger partial charge in [-0.1, -0.05) is 37.4 Å². The molecule has 25 heavy (non-hydrogen) atoms. The van der Waals surface area contributed by atoms with Gasteiger partial charge >= 0.3 is 5.69 Å². The standard InChI is InChI=1S/C18H21ClFN3O2/c1-2-3-4-7-22-8-9-23-17(22)11-16(21-18(23)24)25-12-13-5-6-15(20)14(19)10-13/h5-6,10-11H,2-4,7-9,12H2,1H3. The summed E-state index contributed by atoms with van der Waals surface area (Å²) < 4.78 is 20.5. The first kappa shape index (κ1) is 17.7. The Morgan fingerprint density at radius 2 is 2.12 bits per heavy atom. The van der Waals surface area contributed by atoms with Gasteiger partial charge in [-0.2, -0.15) is 4.98 Å². The lowest BCUT2D eigenvalue weighted by molar-refractivity contribution is 0.291. The molecule has 2 aromatic rings. The van der Waals surface area contributed by atoms with Crippen LogP contribution in [0.4, 0.5) is 10.2 Å². The maximum Gasteiger partial charge on any atom is 0.352 e. The van der Waals surface area contributed by atoms with Crippen molar-refractivity contribution in [2.24, 2.45) is 0 Å². The van der Waals surface area contributed by atoms with E-state index in [0.29, 0.717) is 12.1 Å². The molecule has 1 aliphatic rings. The molecule has 0 fully saturated rings. The lowest BCUT2D eigenvalue weighted by atomic mass is 10.2. The van der Waals surface area contributed by atoms with Gasteiger partial charge in [-0.15, -0.1) is 0 Å². The number of nitrogens with zero attached hydrogens (tertiary/aromatic N) is 3. The molecule has 0 bridgehead atoms. The number of hydrogen-bond donors (Lipinski definition) is 0. The average molecular weight is 366 g/mol. The lowest BCUT2D eigenvalue weighted by Gasteiger charge is -2.18. The normalized spacial score (nSPS) is 13.2. The van der Waals surface area contributed by atoms with Gasteiger partial charge < -0.3 is 9.64 Å². The number of halogens is 2. The van der Waals surface area contributed by atoms with Crippen molar-refractivity contribution in [1.29, 1.82) is 0 Å². The zero-order valence-corrected chi connectivity index (χ0v) is 14.9. The van der Waals surface area contributed by atoms with E-state index in [0.717, 1.165) is 31.7 Å². The highest BCUT2D eigenvalue weighted by Gasteiger charge is 2.21. The SMILES string of the molecule is CCCCCN1CCn2c1cc(OCc1ccc(F)c(Cl)c1)nc2=O. The molecule has 0 amide bonds. The zero-order valence-electron chi connectivity index (χ0n) is 14.2. The molecule has 0 saturated heterocycles. The summed E-state index contributed by atoms with van der Waals surface area (Å²) in [5.41, 5.74) is 0.413. The molecule has 0 radical (unpaired) electrons. The van der Waals surface area contributed by atoms with Gasteiger partial charge in [-0.05, 0) is 24.1 Å². The van der Waals surface area contributed by atoms with Gasteiger partial charge in [-0.3, -0.25) is 4.57 Å². The largest absolute Gasteiger partial charge is 0.473 e. The van der Waals surface area contributed by atoms with E-state index in [2.05, 4.69) is 16.8 Å². The van der Waals surface area contributed by atoms with Crippen LogP contribution in [0.1, 0.15) is 31.7 Å². The van der Waals surface area contributed by atoms with Crippen LogP contribution in [0.25, 0.3) is 0 Å². The molecule has 0 aliphatic carbocycles. The minimum atomic E-state index is -0.470. The van der Waals surface area contributed by atoms with Gasteiger partial charge in [0.15, 0.2) is 0 Å². The van der Waals surface area contributed by atoms with E-state index in [1.54, 1.807) is 16.7 Å². The van der Waals surface area contributed by atoms with Crippen LogP contribution in [0.15, 0.2) is 29.1 Å². The van der Waals surface area contributed by atoms with E-state index < -0.39 is 5.82 Å². The van der Waals surface area contributed by atoms with Crippen molar-refractivity contribution in [3.05, 3.63) is 51.2 Å². The minimum Gasteiger partial charge on any atom is -0.473 e. The van der Waals surface area contributed by atoms with Crippen LogP contribution < -0.4 is 15.3 Å². The van der Waals surface area contributed by atoms with Gasteiger partial charge in [0.25, 0.3) is 0 Å². The van der Waals surface area contributed by atoms with E-state index >= 15 is 0 Å². The summed E-state index contributed by atoms with van der Waals surface area (Å²) in [6, 6.07) is 6.19. The molecule has 0 N–H and O–H groups in total. The topological polar surface area (TPSA) is 47.4 Å². The maximum absolute atomic E-state index is 13.2. The molecule has 0 saturated carbocycles. The lowest BCUT2D eigenvalue weighted by Crippen LogP contribution is -2.24. The Balaban J connectivity index is 1.72. The number of fused-ring (bicyclic) bond motifs is 1. The first-order valence-corrected chi connectivity index (χ1v) is 8.90. The summed E-state index contributed by atoms with van der Waals surface area (Å²) in [7, 11) is 0. The molecule has 7 heteroatoms. The molecule has 1 aromatic carbocycles. The fourth-order valence-electron chi connectivity index (χ4n) is 2.92. The van der Waals surface area contributed by atoms with Crippen LogP contribution in [0.5, 0.6) is 5.88 Å². The first-order valence-electron chi connectivity index (χ1n) is 8.52. The van der Waals surface area contributed by atoms with Crippen LogP contribution in [0.3, 0.4) is 0 Å². The molecule has 5 nitrogen and oxygen atoms in total. The van der Waals surface area contributed by atoms with E-state index in [1.807, 2.05) is 0 Å². The highest BCUT2D eigenvalue weighted by Crippen LogP contribution is 2.24. The number of hydrogen-bond acceptors (Lipinski definition) is 4. The van der Waals surface area contributed by atoms with Gasteiger partial charge in [-0.25, -0.2) is 9.18 Å². The van der Waals surface area contributed by atoms with Crippen molar-refractivity contribution >= 4 is 17.4 Å². The number of anilines is 1. The van der Waals surface area contributed by atoms with Gasteiger partial charge in [0.05, 0.1) is 5.02 Å². The molecular formula is C18H21ClFN3O2. The monoisotopic (exact) mass is 365 g/mol. The quantitative estimate of drug-likeness (QED) is 0.703. The van der Waals surface area contributed by atoms with E-state index in [4.69, 9.17) is 16.3 Å². The maximum atomic E-state index is 13.2. The molecule has 0 atom stereocenters. The Morgan fingerprint density at radius 3 is 2.88 bits per heavy atom. The summed E-state index contributed by atoms with van der Waals surface area (Å²) in [6.45, 7) is 4.73. The molecular weight excluding hydrogens is 345 g/mol. The van der Waals surface area contributed by atoms with Crippen LogP contribution in [0.2, 0.25) is 5.02 Å². The van der Waals surface area contributed by atoms with Crippen LogP contribution in [0, 0.1) is 5.82 Å². The third-order valence-corrected chi connectivity index (χ3v) is 4.58. The summed E-state index contributed by atoms with van der Waals surface area (Å²) in [5.74, 6) is 0.657. The van der Waals surface area contributed by atoms with Crippen molar-refractivity contribution in [3.8, 4) is 5.88 Å². The highest BCUT2D eigenvalue weighted by atomic mass is 35.5. The summed E-state index contributed by atoms with van der Waals surface area (Å²) >= 11 is 5.77. The minimum absolute atomic E-state index is 0.0465. The van der Waals surface area contributed by atoms with Crippen molar-refractivity contribution in [2.45, 2.75) is 39.3 Å². The van der Waals surface area contributed by atoms with E-state index in [1.165, 1.54) is 18.6 Å². The molecule has 3 rings (SSSR count). The van der Waals surface area contributed by atoms with E-state index in [-0.39, 0.29) is 23.2 Å². The molecule has 0 spiro atoms. The number of benzene rings is 1. The number of aromatic nitrogens is 2. The third kappa shape index (κ3) is 4.12. The highest BCUT2D eigenvalue weighted by molar-refractivity contribution is 6.30. The number of ether oxygens (including phenoxy) is 1. The van der Waals surface area contributed by atoms with E-state index in [9.17, 15) is 9.18 Å². The van der Waals surface area contributed by atoms with Gasteiger partial charge in [0.2, 0.25) is 5.88 Å². The van der Waals surface area contributed by atoms with Crippen LogP contribution in [-0.4, -0.2) is 22.6 Å². The zero-order chi connectivity index (χ0) is 17.8. The molecule has 0 unspecified atom stereocenters. The second-order valence-electron chi connectivity index (χ2n) is 6.12.